The van der Waals surface area contributed by atoms with Crippen LogP contribution in [0.25, 0.3) is 131 Å². The molecule has 0 aliphatic heterocycles. The minimum atomic E-state index is 0.627. The summed E-state index contributed by atoms with van der Waals surface area (Å²) < 4.78 is 9.14. The van der Waals surface area contributed by atoms with Crippen molar-refractivity contribution in [1.82, 2.24) is 15.0 Å². The number of benzene rings is 10. The predicted octanol–water partition coefficient (Wildman–Crippen LogP) is 15.9. The van der Waals surface area contributed by atoms with Gasteiger partial charge in [0.2, 0.25) is 0 Å². The van der Waals surface area contributed by atoms with Gasteiger partial charge in [0.25, 0.3) is 0 Å². The molecule has 0 bridgehead atoms. The first-order chi connectivity index (χ1) is 30.7. The molecule has 3 aromatic heterocycles. The Morgan fingerprint density at radius 1 is 0.306 bits per heavy atom. The molecule has 4 nitrogen and oxygen atoms in total. The van der Waals surface area contributed by atoms with Crippen molar-refractivity contribution in [3.05, 3.63) is 200 Å². The van der Waals surface area contributed by atoms with Gasteiger partial charge in [0.15, 0.2) is 17.5 Å². The summed E-state index contributed by atoms with van der Waals surface area (Å²) in [6.45, 7) is 0. The summed E-state index contributed by atoms with van der Waals surface area (Å²) in [7, 11) is 0. The minimum absolute atomic E-state index is 0.627. The summed E-state index contributed by atoms with van der Waals surface area (Å²) in [5, 5.41) is 11.7. The number of furan rings is 1. The topological polar surface area (TPSA) is 51.8 Å². The Bertz CT molecular complexity index is 3930. The van der Waals surface area contributed by atoms with Crippen molar-refractivity contribution >= 4 is 85.8 Å². The average molecular weight is 808 g/mol. The lowest BCUT2D eigenvalue weighted by Crippen LogP contribution is -2.00. The molecule has 0 N–H and O–H groups in total. The number of aromatic nitrogens is 3. The minimum Gasteiger partial charge on any atom is -0.455 e. The predicted molar refractivity (Wildman–Crippen MR) is 260 cm³/mol. The molecule has 3 heterocycles. The number of fused-ring (bicyclic) bond motifs is 9. The first-order valence-electron chi connectivity index (χ1n) is 20.8. The van der Waals surface area contributed by atoms with Crippen LogP contribution in [0.15, 0.2) is 205 Å². The molecule has 288 valence electrons. The van der Waals surface area contributed by atoms with Crippen LogP contribution in [0, 0.1) is 0 Å². The Kier molecular flexibility index (Phi) is 7.74. The van der Waals surface area contributed by atoms with Crippen molar-refractivity contribution < 1.29 is 4.42 Å². The molecule has 0 aliphatic rings. The van der Waals surface area contributed by atoms with Crippen LogP contribution in [0.2, 0.25) is 0 Å². The van der Waals surface area contributed by atoms with Gasteiger partial charge in [-0.05, 0) is 91.5 Å². The van der Waals surface area contributed by atoms with Crippen LogP contribution in [0.1, 0.15) is 0 Å². The second-order valence-corrected chi connectivity index (χ2v) is 17.0. The second kappa shape index (κ2) is 13.8. The molecule has 10 aromatic carbocycles. The molecule has 0 atom stereocenters. The molecule has 62 heavy (non-hydrogen) atoms. The summed E-state index contributed by atoms with van der Waals surface area (Å²) in [4.78, 5) is 15.7. The molecule has 13 rings (SSSR count). The third-order valence-electron chi connectivity index (χ3n) is 12.3. The van der Waals surface area contributed by atoms with Crippen molar-refractivity contribution in [2.24, 2.45) is 0 Å². The lowest BCUT2D eigenvalue weighted by Gasteiger charge is -2.12. The summed E-state index contributed by atoms with van der Waals surface area (Å²) in [5.74, 6) is 1.89. The largest absolute Gasteiger partial charge is 0.455 e. The third kappa shape index (κ3) is 5.63. The Labute approximate surface area is 360 Å². The fourth-order valence-electron chi connectivity index (χ4n) is 9.25. The van der Waals surface area contributed by atoms with Crippen LogP contribution < -0.4 is 0 Å². The maximum Gasteiger partial charge on any atom is 0.164 e. The van der Waals surface area contributed by atoms with Crippen LogP contribution in [-0.2, 0) is 0 Å². The fraction of sp³-hybridized carbons (Fsp3) is 0. The quantitative estimate of drug-likeness (QED) is 0.174. The van der Waals surface area contributed by atoms with Crippen molar-refractivity contribution in [2.75, 3.05) is 0 Å². The maximum atomic E-state index is 6.63. The zero-order valence-electron chi connectivity index (χ0n) is 33.2. The molecule has 0 unspecified atom stereocenters. The van der Waals surface area contributed by atoms with Gasteiger partial charge >= 0.3 is 0 Å². The molecule has 0 aliphatic carbocycles. The molecule has 0 saturated carbocycles. The van der Waals surface area contributed by atoms with Gasteiger partial charge in [-0.1, -0.05) is 158 Å². The van der Waals surface area contributed by atoms with E-state index in [4.69, 9.17) is 19.4 Å². The smallest absolute Gasteiger partial charge is 0.164 e. The number of hydrogen-bond donors (Lipinski definition) is 0. The highest BCUT2D eigenvalue weighted by atomic mass is 32.1. The zero-order chi connectivity index (χ0) is 40.7. The van der Waals surface area contributed by atoms with Crippen molar-refractivity contribution in [1.29, 1.82) is 0 Å². The third-order valence-corrected chi connectivity index (χ3v) is 13.5. The lowest BCUT2D eigenvalue weighted by atomic mass is 9.96. The highest BCUT2D eigenvalue weighted by Crippen LogP contribution is 2.41. The van der Waals surface area contributed by atoms with Gasteiger partial charge in [0.1, 0.15) is 11.2 Å². The van der Waals surface area contributed by atoms with Crippen LogP contribution in [0.4, 0.5) is 0 Å². The van der Waals surface area contributed by atoms with E-state index in [0.29, 0.717) is 17.5 Å². The Morgan fingerprint density at radius 2 is 0.887 bits per heavy atom. The van der Waals surface area contributed by atoms with Crippen LogP contribution in [0.3, 0.4) is 0 Å². The van der Waals surface area contributed by atoms with Gasteiger partial charge in [-0.3, -0.25) is 0 Å². The molecular weight excluding hydrogens is 775 g/mol. The van der Waals surface area contributed by atoms with Gasteiger partial charge < -0.3 is 4.42 Å². The van der Waals surface area contributed by atoms with Crippen molar-refractivity contribution in [2.45, 2.75) is 0 Å². The average Bonchev–Trinajstić information content (AvgIpc) is 3.90. The van der Waals surface area contributed by atoms with Crippen molar-refractivity contribution in [3.63, 3.8) is 0 Å². The second-order valence-electron chi connectivity index (χ2n) is 15.9. The molecule has 5 heteroatoms. The molecule has 0 spiro atoms. The Morgan fingerprint density at radius 3 is 1.76 bits per heavy atom. The first kappa shape index (κ1) is 34.8. The summed E-state index contributed by atoms with van der Waals surface area (Å²) in [6, 6.07) is 71.1. The Balaban J connectivity index is 0.953. The zero-order valence-corrected chi connectivity index (χ0v) is 34.0. The van der Waals surface area contributed by atoms with Crippen LogP contribution >= 0.6 is 11.3 Å². The van der Waals surface area contributed by atoms with E-state index in [9.17, 15) is 0 Å². The van der Waals surface area contributed by atoms with Gasteiger partial charge in [-0.2, -0.15) is 0 Å². The molecule has 13 aromatic rings. The SMILES string of the molecule is c1ccc2cc3c(cc2c1)oc1c(-c2ccc4c(-c5nc(-c6ccc(-c7cccc8ccccc78)cc6)nc(-c6ccc7sc8ccccc8c7c6)n5)cccc4c2)cccc13. The van der Waals surface area contributed by atoms with E-state index < -0.39 is 0 Å². The highest BCUT2D eigenvalue weighted by molar-refractivity contribution is 7.25. The number of hydrogen-bond acceptors (Lipinski definition) is 5. The number of rotatable bonds is 5. The molecular formula is C57H33N3OS. The molecule has 0 radical (unpaired) electrons. The van der Waals surface area contributed by atoms with E-state index in [1.807, 2.05) is 11.3 Å². The van der Waals surface area contributed by atoms with Gasteiger partial charge in [0.05, 0.1) is 0 Å². The number of para-hydroxylation sites is 1. The lowest BCUT2D eigenvalue weighted by molar-refractivity contribution is 0.670. The molecule has 0 fully saturated rings. The summed E-state index contributed by atoms with van der Waals surface area (Å²) >= 11 is 1.81. The van der Waals surface area contributed by atoms with E-state index in [1.54, 1.807) is 0 Å². The first-order valence-corrected chi connectivity index (χ1v) is 21.6. The number of thiophene rings is 1. The van der Waals surface area contributed by atoms with Crippen molar-refractivity contribution in [3.8, 4) is 56.4 Å². The fourth-order valence-corrected chi connectivity index (χ4v) is 10.3. The maximum absolute atomic E-state index is 6.63. The van der Waals surface area contributed by atoms with E-state index >= 15 is 0 Å². The van der Waals surface area contributed by atoms with Gasteiger partial charge in [-0.15, -0.1) is 11.3 Å². The summed E-state index contributed by atoms with van der Waals surface area (Å²) in [5.41, 5.74) is 9.10. The molecule has 0 saturated heterocycles. The Hall–Kier alpha value is -7.99. The molecule has 0 amide bonds. The van der Waals surface area contributed by atoms with Gasteiger partial charge in [-0.25, -0.2) is 15.0 Å². The standard InChI is InChI=1S/C57H33N3OS/c1-2-12-38-33-51-49(31-37(38)11-1)47-19-9-18-45(54(47)61-51)40-26-28-44-39(30-40)14-8-20-48(44)57-59-55(36-24-22-35(23-25-36)43-17-7-13-34-10-3-4-15-42(34)43)58-56(60-57)41-27-29-53-50(32-41)46-16-5-6-21-52(46)62-53/h1-33H. The van der Waals surface area contributed by atoms with E-state index in [-0.39, 0.29) is 0 Å². The monoisotopic (exact) mass is 807 g/mol. The number of nitrogens with zero attached hydrogens (tertiary/aromatic N) is 3. The van der Waals surface area contributed by atoms with Crippen LogP contribution in [-0.4, -0.2) is 15.0 Å². The van der Waals surface area contributed by atoms with Gasteiger partial charge in [0, 0.05) is 53.2 Å². The summed E-state index contributed by atoms with van der Waals surface area (Å²) in [6.07, 6.45) is 0. The van der Waals surface area contributed by atoms with E-state index in [1.165, 1.54) is 47.3 Å². The van der Waals surface area contributed by atoms with Crippen LogP contribution in [0.5, 0.6) is 0 Å². The van der Waals surface area contributed by atoms with E-state index in [0.717, 1.165) is 66.1 Å². The highest BCUT2D eigenvalue weighted by Gasteiger charge is 2.18. The normalized spacial score (nSPS) is 11.9. The van der Waals surface area contributed by atoms with E-state index in [2.05, 4.69) is 200 Å².